The van der Waals surface area contributed by atoms with Crippen LogP contribution in [0.25, 0.3) is 38.6 Å². The molecule has 0 bridgehead atoms. The Bertz CT molecular complexity index is 1370. The number of hydrogen-bond acceptors (Lipinski definition) is 5. The van der Waals surface area contributed by atoms with Crippen molar-refractivity contribution in [1.82, 2.24) is 24.8 Å². The summed E-state index contributed by atoms with van der Waals surface area (Å²) in [6, 6.07) is 10.1. The first-order chi connectivity index (χ1) is 15.1. The van der Waals surface area contributed by atoms with Crippen molar-refractivity contribution in [2.24, 2.45) is 0 Å². The number of carbonyl (C=O) groups is 1. The molecule has 3 N–H and O–H groups in total. The van der Waals surface area contributed by atoms with Crippen molar-refractivity contribution in [3.63, 3.8) is 0 Å². The third kappa shape index (κ3) is 3.15. The molecule has 154 valence electrons. The fourth-order valence-corrected chi connectivity index (χ4v) is 4.43. The van der Waals surface area contributed by atoms with Crippen molar-refractivity contribution < 1.29 is 4.79 Å². The van der Waals surface area contributed by atoms with Crippen LogP contribution in [-0.2, 0) is 11.3 Å². The van der Waals surface area contributed by atoms with E-state index in [1.165, 1.54) is 12.4 Å². The van der Waals surface area contributed by atoms with Crippen molar-refractivity contribution in [2.45, 2.75) is 25.4 Å². The first-order valence-corrected chi connectivity index (χ1v) is 10.2. The van der Waals surface area contributed by atoms with Gasteiger partial charge in [-0.05, 0) is 36.6 Å². The van der Waals surface area contributed by atoms with Gasteiger partial charge in [0, 0.05) is 35.3 Å². The average molecular weight is 410 g/mol. The first kappa shape index (κ1) is 19.0. The van der Waals surface area contributed by atoms with Crippen LogP contribution in [0.1, 0.15) is 18.5 Å². The maximum absolute atomic E-state index is 11.9. The van der Waals surface area contributed by atoms with E-state index < -0.39 is 0 Å². The summed E-state index contributed by atoms with van der Waals surface area (Å²) in [6.45, 7) is 8.59. The summed E-state index contributed by atoms with van der Waals surface area (Å²) < 4.78 is 2.14. The molecule has 0 radical (unpaired) electrons. The van der Waals surface area contributed by atoms with Crippen LogP contribution in [-0.4, -0.2) is 31.5 Å². The molecule has 1 amide bonds. The van der Waals surface area contributed by atoms with Gasteiger partial charge in [0.2, 0.25) is 5.91 Å². The molecule has 1 atom stereocenters. The van der Waals surface area contributed by atoms with E-state index in [4.69, 9.17) is 5.73 Å². The molecular weight excluding hydrogens is 388 g/mol. The van der Waals surface area contributed by atoms with E-state index in [0.717, 1.165) is 50.8 Å². The number of hydrogen-bond donors (Lipinski definition) is 2. The Morgan fingerprint density at radius 2 is 2.10 bits per heavy atom. The summed E-state index contributed by atoms with van der Waals surface area (Å²) in [7, 11) is 0. The highest BCUT2D eigenvalue weighted by Gasteiger charge is 2.28. The van der Waals surface area contributed by atoms with Gasteiger partial charge < -0.3 is 15.6 Å². The Morgan fingerprint density at radius 1 is 1.26 bits per heavy atom. The van der Waals surface area contributed by atoms with Gasteiger partial charge in [-0.15, -0.1) is 0 Å². The predicted octanol–water partition coefficient (Wildman–Crippen LogP) is 3.71. The van der Waals surface area contributed by atoms with Gasteiger partial charge in [0.15, 0.2) is 0 Å². The predicted molar refractivity (Wildman–Crippen MR) is 123 cm³/mol. The number of nitrogens with zero attached hydrogens (tertiary/aromatic N) is 4. The van der Waals surface area contributed by atoms with Crippen LogP contribution in [0.15, 0.2) is 62.1 Å². The molecular formula is C24H22N6O. The second kappa shape index (κ2) is 7.36. The lowest BCUT2D eigenvalue weighted by Gasteiger charge is -2.16. The fraction of sp³-hybridized carbons (Fsp3) is 0.167. The number of aromatic nitrogens is 4. The van der Waals surface area contributed by atoms with E-state index in [1.807, 2.05) is 30.5 Å². The minimum atomic E-state index is -0.181. The van der Waals surface area contributed by atoms with Gasteiger partial charge in [-0.3, -0.25) is 9.78 Å². The largest absolute Gasteiger partial charge is 0.383 e. The normalized spacial score (nSPS) is 16.1. The quantitative estimate of drug-likeness (QED) is 0.502. The van der Waals surface area contributed by atoms with Crippen LogP contribution < -0.4 is 11.1 Å². The second-order valence-electron chi connectivity index (χ2n) is 7.76. The molecule has 0 saturated carbocycles. The van der Waals surface area contributed by atoms with Crippen LogP contribution in [0.4, 0.5) is 5.82 Å². The molecule has 1 unspecified atom stereocenters. The smallest absolute Gasteiger partial charge is 0.243 e. The summed E-state index contributed by atoms with van der Waals surface area (Å²) in [4.78, 5) is 25.3. The van der Waals surface area contributed by atoms with E-state index in [2.05, 4.69) is 44.1 Å². The molecule has 0 aliphatic carbocycles. The van der Waals surface area contributed by atoms with Crippen molar-refractivity contribution in [3.05, 3.63) is 67.8 Å². The maximum Gasteiger partial charge on any atom is 0.243 e. The molecule has 3 aromatic heterocycles. The highest BCUT2D eigenvalue weighted by Crippen LogP contribution is 2.42. The highest BCUT2D eigenvalue weighted by atomic mass is 16.1. The lowest BCUT2D eigenvalue weighted by molar-refractivity contribution is -0.117. The Labute approximate surface area is 179 Å². The number of nitrogen functional groups attached to an aromatic ring is 1. The maximum atomic E-state index is 11.9. The molecule has 4 aromatic rings. The minimum absolute atomic E-state index is 0.0327. The van der Waals surface area contributed by atoms with Crippen molar-refractivity contribution in [1.29, 1.82) is 0 Å². The number of nitrogens with two attached hydrogens (primary N) is 1. The molecule has 0 spiro atoms. The number of aryl methyl sites for hydroxylation is 1. The summed E-state index contributed by atoms with van der Waals surface area (Å²) in [5.74, 6) is 0.248. The zero-order valence-corrected chi connectivity index (χ0v) is 17.0. The van der Waals surface area contributed by atoms with Crippen LogP contribution in [0, 0.1) is 0 Å². The summed E-state index contributed by atoms with van der Waals surface area (Å²) in [5.41, 5.74) is 11.8. The summed E-state index contributed by atoms with van der Waals surface area (Å²) in [6.07, 6.45) is 6.01. The van der Waals surface area contributed by atoms with E-state index in [9.17, 15) is 4.79 Å². The molecule has 5 rings (SSSR count). The molecule has 7 heteroatoms. The average Bonchev–Trinajstić information content (AvgIpc) is 3.04. The van der Waals surface area contributed by atoms with Crippen LogP contribution in [0.5, 0.6) is 0 Å². The third-order valence-electron chi connectivity index (χ3n) is 5.81. The number of pyridine rings is 1. The molecule has 4 heterocycles. The van der Waals surface area contributed by atoms with Crippen LogP contribution in [0.2, 0.25) is 0 Å². The van der Waals surface area contributed by atoms with E-state index in [1.54, 1.807) is 0 Å². The van der Waals surface area contributed by atoms with Gasteiger partial charge in [0.05, 0.1) is 16.6 Å². The van der Waals surface area contributed by atoms with Gasteiger partial charge in [-0.25, -0.2) is 9.97 Å². The molecule has 31 heavy (non-hydrogen) atoms. The Hall–Kier alpha value is -4.00. The van der Waals surface area contributed by atoms with E-state index in [0.29, 0.717) is 18.8 Å². The summed E-state index contributed by atoms with van der Waals surface area (Å²) in [5, 5.41) is 4.86. The topological polar surface area (TPSA) is 98.7 Å². The number of para-hydroxylation sites is 1. The van der Waals surface area contributed by atoms with Crippen molar-refractivity contribution >= 4 is 39.2 Å². The zero-order chi connectivity index (χ0) is 21.5. The standard InChI is InChI=1S/C24H22N6O/c1-3-19(31)29-17-8-9-30-22(14(2)10-17)20(21-23(25)27-13-28-24(21)30)16-11-15-6-4-5-7-18(15)26-12-16/h3-7,11-13,17H,1-2,8-10H2,(H,29,31)(H2,25,27,28). The minimum Gasteiger partial charge on any atom is -0.383 e. The number of carbonyl (C=O) groups excluding carboxylic acids is 1. The number of amides is 1. The summed E-state index contributed by atoms with van der Waals surface area (Å²) >= 11 is 0. The van der Waals surface area contributed by atoms with Crippen LogP contribution in [0.3, 0.4) is 0 Å². The number of benzene rings is 1. The van der Waals surface area contributed by atoms with Crippen LogP contribution >= 0.6 is 0 Å². The monoisotopic (exact) mass is 410 g/mol. The van der Waals surface area contributed by atoms with E-state index in [-0.39, 0.29) is 11.9 Å². The molecule has 0 fully saturated rings. The number of anilines is 1. The van der Waals surface area contributed by atoms with Gasteiger partial charge in [0.25, 0.3) is 0 Å². The Balaban J connectivity index is 1.72. The number of fused-ring (bicyclic) bond motifs is 4. The molecule has 1 aliphatic heterocycles. The molecule has 1 aromatic carbocycles. The van der Waals surface area contributed by atoms with Gasteiger partial charge in [-0.2, -0.15) is 0 Å². The van der Waals surface area contributed by atoms with Crippen molar-refractivity contribution in [2.75, 3.05) is 5.73 Å². The first-order valence-electron chi connectivity index (χ1n) is 10.2. The number of nitrogens with one attached hydrogen (secondary N) is 1. The third-order valence-corrected chi connectivity index (χ3v) is 5.81. The molecule has 1 aliphatic rings. The van der Waals surface area contributed by atoms with E-state index >= 15 is 0 Å². The molecule has 0 saturated heterocycles. The Kier molecular flexibility index (Phi) is 4.51. The Morgan fingerprint density at radius 3 is 2.94 bits per heavy atom. The lowest BCUT2D eigenvalue weighted by Crippen LogP contribution is -2.33. The highest BCUT2D eigenvalue weighted by molar-refractivity contribution is 6.06. The lowest BCUT2D eigenvalue weighted by atomic mass is 9.96. The fourth-order valence-electron chi connectivity index (χ4n) is 4.43. The number of rotatable bonds is 3. The van der Waals surface area contributed by atoms with Gasteiger partial charge >= 0.3 is 0 Å². The SMILES string of the molecule is C=CC(=O)NC1CCn2c(c(-c3cnc4ccccc4c3)c3c(N)ncnc32)C(=C)C1. The second-order valence-corrected chi connectivity index (χ2v) is 7.76. The van der Waals surface area contributed by atoms with Crippen molar-refractivity contribution in [3.8, 4) is 11.1 Å². The zero-order valence-electron chi connectivity index (χ0n) is 17.0. The van der Waals surface area contributed by atoms with Gasteiger partial charge in [0.1, 0.15) is 17.8 Å². The molecule has 7 nitrogen and oxygen atoms in total. The van der Waals surface area contributed by atoms with Gasteiger partial charge in [-0.1, -0.05) is 31.4 Å².